The minimum atomic E-state index is 0.526. The number of hydrogen-bond acceptors (Lipinski definition) is 3. The average Bonchev–Trinajstić information content (AvgIpc) is 2.97. The molecule has 1 aliphatic heterocycles. The number of nitrogens with one attached hydrogen (secondary N) is 1. The van der Waals surface area contributed by atoms with E-state index >= 15 is 0 Å². The smallest absolute Gasteiger partial charge is 0.0661 e. The van der Waals surface area contributed by atoms with Gasteiger partial charge in [-0.1, -0.05) is 13.8 Å². The quantitative estimate of drug-likeness (QED) is 0.840. The van der Waals surface area contributed by atoms with E-state index in [0.717, 1.165) is 19.6 Å². The Morgan fingerprint density at radius 1 is 1.59 bits per heavy atom. The van der Waals surface area contributed by atoms with E-state index in [4.69, 9.17) is 0 Å². The molecule has 0 aliphatic carbocycles. The molecule has 2 heterocycles. The normalized spacial score (nSPS) is 23.1. The Kier molecular flexibility index (Phi) is 4.18. The lowest BCUT2D eigenvalue weighted by molar-refractivity contribution is 0.332. The van der Waals surface area contributed by atoms with Gasteiger partial charge in [-0.2, -0.15) is 5.10 Å². The molecule has 1 fully saturated rings. The van der Waals surface area contributed by atoms with Gasteiger partial charge in [0.1, 0.15) is 0 Å². The molecule has 1 aliphatic rings. The molecule has 0 amide bonds. The van der Waals surface area contributed by atoms with E-state index in [-0.39, 0.29) is 0 Å². The molecule has 4 nitrogen and oxygen atoms in total. The fourth-order valence-corrected chi connectivity index (χ4v) is 2.73. The standard InChI is InChI=1S/C13H24N4/c1-4-16-8-6-12(10-16)17-13(5-7-15-17)11(2)9-14-3/h5,7,11-12,14H,4,6,8-10H2,1-3H3. The molecule has 0 radical (unpaired) electrons. The van der Waals surface area contributed by atoms with Gasteiger partial charge in [0.05, 0.1) is 6.04 Å². The Hall–Kier alpha value is -0.870. The highest BCUT2D eigenvalue weighted by Gasteiger charge is 2.25. The van der Waals surface area contributed by atoms with E-state index in [1.807, 2.05) is 13.2 Å². The fraction of sp³-hybridized carbons (Fsp3) is 0.769. The van der Waals surface area contributed by atoms with Gasteiger partial charge in [-0.15, -0.1) is 0 Å². The summed E-state index contributed by atoms with van der Waals surface area (Å²) in [6, 6.07) is 2.73. The Morgan fingerprint density at radius 3 is 3.06 bits per heavy atom. The highest BCUT2D eigenvalue weighted by Crippen LogP contribution is 2.25. The summed E-state index contributed by atoms with van der Waals surface area (Å²) in [5.41, 5.74) is 1.36. The Balaban J connectivity index is 2.08. The number of hydrogen-bond donors (Lipinski definition) is 1. The third-order valence-electron chi connectivity index (χ3n) is 3.76. The Labute approximate surface area is 104 Å². The van der Waals surface area contributed by atoms with Gasteiger partial charge in [0.25, 0.3) is 0 Å². The van der Waals surface area contributed by atoms with Gasteiger partial charge < -0.3 is 10.2 Å². The lowest BCUT2D eigenvalue weighted by Crippen LogP contribution is -2.24. The molecule has 2 rings (SSSR count). The van der Waals surface area contributed by atoms with Crippen LogP contribution in [0.3, 0.4) is 0 Å². The predicted octanol–water partition coefficient (Wildman–Crippen LogP) is 1.47. The van der Waals surface area contributed by atoms with Crippen molar-refractivity contribution in [2.75, 3.05) is 33.2 Å². The van der Waals surface area contributed by atoms with Crippen molar-refractivity contribution in [1.82, 2.24) is 20.0 Å². The topological polar surface area (TPSA) is 33.1 Å². The van der Waals surface area contributed by atoms with Crippen molar-refractivity contribution < 1.29 is 0 Å². The number of aromatic nitrogens is 2. The molecule has 0 bridgehead atoms. The molecule has 1 N–H and O–H groups in total. The molecule has 17 heavy (non-hydrogen) atoms. The van der Waals surface area contributed by atoms with Crippen LogP contribution < -0.4 is 5.32 Å². The zero-order chi connectivity index (χ0) is 12.3. The number of rotatable bonds is 5. The third-order valence-corrected chi connectivity index (χ3v) is 3.76. The van der Waals surface area contributed by atoms with Crippen LogP contribution in [0, 0.1) is 0 Å². The minimum Gasteiger partial charge on any atom is -0.319 e. The van der Waals surface area contributed by atoms with Gasteiger partial charge in [0.15, 0.2) is 0 Å². The largest absolute Gasteiger partial charge is 0.319 e. The van der Waals surface area contributed by atoms with Crippen LogP contribution in [0.2, 0.25) is 0 Å². The van der Waals surface area contributed by atoms with Crippen molar-refractivity contribution in [2.24, 2.45) is 0 Å². The maximum absolute atomic E-state index is 4.53. The van der Waals surface area contributed by atoms with Crippen molar-refractivity contribution in [3.8, 4) is 0 Å². The third kappa shape index (κ3) is 2.69. The number of likely N-dealkylation sites (tertiary alicyclic amines) is 1. The van der Waals surface area contributed by atoms with Gasteiger partial charge in [0, 0.05) is 37.4 Å². The average molecular weight is 236 g/mol. The Bertz CT molecular complexity index is 347. The van der Waals surface area contributed by atoms with Crippen LogP contribution in [0.25, 0.3) is 0 Å². The monoisotopic (exact) mass is 236 g/mol. The molecule has 0 spiro atoms. The lowest BCUT2D eigenvalue weighted by atomic mass is 10.1. The maximum Gasteiger partial charge on any atom is 0.0661 e. The van der Waals surface area contributed by atoms with Crippen LogP contribution in [0.5, 0.6) is 0 Å². The van der Waals surface area contributed by atoms with Crippen LogP contribution in [0.1, 0.15) is 37.9 Å². The van der Waals surface area contributed by atoms with E-state index in [1.54, 1.807) is 0 Å². The van der Waals surface area contributed by atoms with Crippen LogP contribution in [0.15, 0.2) is 12.3 Å². The first-order valence-electron chi connectivity index (χ1n) is 6.66. The molecule has 2 atom stereocenters. The summed E-state index contributed by atoms with van der Waals surface area (Å²) in [6.07, 6.45) is 3.17. The second-order valence-electron chi connectivity index (χ2n) is 5.00. The summed E-state index contributed by atoms with van der Waals surface area (Å²) in [7, 11) is 2.01. The van der Waals surface area contributed by atoms with E-state index < -0.39 is 0 Å². The first kappa shape index (κ1) is 12.6. The van der Waals surface area contributed by atoms with Gasteiger partial charge >= 0.3 is 0 Å². The molecule has 4 heteroatoms. The van der Waals surface area contributed by atoms with Crippen molar-refractivity contribution in [2.45, 2.75) is 32.2 Å². The second kappa shape index (κ2) is 5.65. The maximum atomic E-state index is 4.53. The highest BCUT2D eigenvalue weighted by atomic mass is 15.3. The van der Waals surface area contributed by atoms with Gasteiger partial charge in [0.2, 0.25) is 0 Å². The van der Waals surface area contributed by atoms with Gasteiger partial charge in [-0.3, -0.25) is 4.68 Å². The SMILES string of the molecule is CCN1CCC(n2nccc2C(C)CNC)C1. The predicted molar refractivity (Wildman–Crippen MR) is 70.3 cm³/mol. The van der Waals surface area contributed by atoms with Crippen LogP contribution in [-0.2, 0) is 0 Å². The summed E-state index contributed by atoms with van der Waals surface area (Å²) >= 11 is 0. The van der Waals surface area contributed by atoms with E-state index in [9.17, 15) is 0 Å². The zero-order valence-electron chi connectivity index (χ0n) is 11.2. The van der Waals surface area contributed by atoms with Crippen LogP contribution >= 0.6 is 0 Å². The van der Waals surface area contributed by atoms with Crippen molar-refractivity contribution >= 4 is 0 Å². The van der Waals surface area contributed by atoms with Crippen LogP contribution in [0.4, 0.5) is 0 Å². The minimum absolute atomic E-state index is 0.526. The lowest BCUT2D eigenvalue weighted by Gasteiger charge is -2.19. The second-order valence-corrected chi connectivity index (χ2v) is 5.00. The molecule has 0 saturated carbocycles. The van der Waals surface area contributed by atoms with E-state index in [2.05, 4.69) is 39.9 Å². The zero-order valence-corrected chi connectivity index (χ0v) is 11.2. The molecule has 0 aromatic carbocycles. The van der Waals surface area contributed by atoms with Crippen molar-refractivity contribution in [3.63, 3.8) is 0 Å². The number of likely N-dealkylation sites (N-methyl/N-ethyl adjacent to an activating group) is 2. The number of nitrogens with zero attached hydrogens (tertiary/aromatic N) is 3. The molecule has 1 aromatic rings. The highest BCUT2D eigenvalue weighted by molar-refractivity contribution is 5.09. The summed E-state index contributed by atoms with van der Waals surface area (Å²) in [6.45, 7) is 9.01. The van der Waals surface area contributed by atoms with Gasteiger partial charge in [-0.25, -0.2) is 0 Å². The summed E-state index contributed by atoms with van der Waals surface area (Å²) in [5.74, 6) is 0.526. The molecule has 96 valence electrons. The van der Waals surface area contributed by atoms with Gasteiger partial charge in [-0.05, 0) is 26.1 Å². The van der Waals surface area contributed by atoms with Crippen molar-refractivity contribution in [1.29, 1.82) is 0 Å². The first-order valence-corrected chi connectivity index (χ1v) is 6.66. The summed E-state index contributed by atoms with van der Waals surface area (Å²) in [4.78, 5) is 2.50. The molecule has 1 saturated heterocycles. The van der Waals surface area contributed by atoms with Crippen LogP contribution in [-0.4, -0.2) is 47.9 Å². The molecule has 1 aromatic heterocycles. The Morgan fingerprint density at radius 2 is 2.41 bits per heavy atom. The summed E-state index contributed by atoms with van der Waals surface area (Å²) < 4.78 is 2.25. The van der Waals surface area contributed by atoms with E-state index in [1.165, 1.54) is 18.7 Å². The fourth-order valence-electron chi connectivity index (χ4n) is 2.73. The van der Waals surface area contributed by atoms with Crippen molar-refractivity contribution in [3.05, 3.63) is 18.0 Å². The van der Waals surface area contributed by atoms with E-state index in [0.29, 0.717) is 12.0 Å². The molecular formula is C13H24N4. The molecule has 2 unspecified atom stereocenters. The molecular weight excluding hydrogens is 212 g/mol. The first-order chi connectivity index (χ1) is 8.26. The summed E-state index contributed by atoms with van der Waals surface area (Å²) in [5, 5.41) is 7.77.